The standard InChI is InChI=1S/C28H62N4/c1-23(2)31(24(3)4)21-15-11-17-27(9)29-19-13-14-20-30-28(10)18-12-16-22-32(25(5)6)26(7)8/h23-30H,11-22H2,1-10H3. The average Bonchev–Trinajstić information content (AvgIpc) is 2.68. The van der Waals surface area contributed by atoms with Gasteiger partial charge >= 0.3 is 0 Å². The summed E-state index contributed by atoms with van der Waals surface area (Å²) in [5, 5.41) is 7.46. The van der Waals surface area contributed by atoms with Gasteiger partial charge in [-0.3, -0.25) is 9.80 Å². The largest absolute Gasteiger partial charge is 0.314 e. The molecule has 2 unspecified atom stereocenters. The predicted molar refractivity (Wildman–Crippen MR) is 146 cm³/mol. The van der Waals surface area contributed by atoms with Gasteiger partial charge in [-0.2, -0.15) is 0 Å². The van der Waals surface area contributed by atoms with Crippen molar-refractivity contribution in [2.45, 2.75) is 157 Å². The van der Waals surface area contributed by atoms with Crippen LogP contribution in [0.3, 0.4) is 0 Å². The zero-order chi connectivity index (χ0) is 24.5. The number of hydrogen-bond acceptors (Lipinski definition) is 4. The van der Waals surface area contributed by atoms with E-state index < -0.39 is 0 Å². The highest BCUT2D eigenvalue weighted by Gasteiger charge is 2.13. The number of rotatable bonds is 21. The first-order valence-corrected chi connectivity index (χ1v) is 14.0. The first-order chi connectivity index (χ1) is 15.1. The van der Waals surface area contributed by atoms with Crippen molar-refractivity contribution in [3.8, 4) is 0 Å². The van der Waals surface area contributed by atoms with E-state index in [2.05, 4.69) is 89.7 Å². The number of nitrogens with one attached hydrogen (secondary N) is 2. The van der Waals surface area contributed by atoms with Gasteiger partial charge in [0.25, 0.3) is 0 Å². The third kappa shape index (κ3) is 16.5. The van der Waals surface area contributed by atoms with Gasteiger partial charge in [-0.05, 0) is 134 Å². The SMILES string of the molecule is CC(CCCCN(C(C)C)C(C)C)NCCCCNC(C)CCCCN(C(C)C)C(C)C. The van der Waals surface area contributed by atoms with Crippen LogP contribution in [0.5, 0.6) is 0 Å². The Labute approximate surface area is 203 Å². The molecule has 0 aliphatic heterocycles. The van der Waals surface area contributed by atoms with Crippen LogP contribution in [0.25, 0.3) is 0 Å². The molecule has 2 atom stereocenters. The third-order valence-electron chi connectivity index (χ3n) is 6.85. The lowest BCUT2D eigenvalue weighted by atomic mass is 10.1. The highest BCUT2D eigenvalue weighted by molar-refractivity contribution is 4.70. The van der Waals surface area contributed by atoms with Gasteiger partial charge in [0.05, 0.1) is 0 Å². The van der Waals surface area contributed by atoms with Crippen molar-refractivity contribution in [2.24, 2.45) is 0 Å². The van der Waals surface area contributed by atoms with Crippen molar-refractivity contribution in [2.75, 3.05) is 26.2 Å². The molecular formula is C28H62N4. The molecule has 0 spiro atoms. The predicted octanol–water partition coefficient (Wildman–Crippen LogP) is 6.30. The second-order valence-corrected chi connectivity index (χ2v) is 11.3. The van der Waals surface area contributed by atoms with E-state index in [1.807, 2.05) is 0 Å². The summed E-state index contributed by atoms with van der Waals surface area (Å²) in [4.78, 5) is 5.22. The maximum Gasteiger partial charge on any atom is 0.00412 e. The molecular weight excluding hydrogens is 392 g/mol. The smallest absolute Gasteiger partial charge is 0.00412 e. The number of nitrogens with zero attached hydrogens (tertiary/aromatic N) is 2. The molecule has 2 N–H and O–H groups in total. The Morgan fingerprint density at radius 1 is 0.438 bits per heavy atom. The zero-order valence-corrected chi connectivity index (χ0v) is 23.8. The van der Waals surface area contributed by atoms with Crippen LogP contribution in [0.4, 0.5) is 0 Å². The molecule has 0 aromatic heterocycles. The van der Waals surface area contributed by atoms with Crippen LogP contribution < -0.4 is 10.6 Å². The summed E-state index contributed by atoms with van der Waals surface area (Å²) < 4.78 is 0. The van der Waals surface area contributed by atoms with Crippen LogP contribution >= 0.6 is 0 Å². The van der Waals surface area contributed by atoms with E-state index in [-0.39, 0.29) is 0 Å². The minimum absolute atomic E-state index is 0.643. The second-order valence-electron chi connectivity index (χ2n) is 11.3. The van der Waals surface area contributed by atoms with E-state index in [4.69, 9.17) is 0 Å². The molecule has 0 aromatic carbocycles. The Morgan fingerprint density at radius 2 is 0.750 bits per heavy atom. The summed E-state index contributed by atoms with van der Waals surface area (Å²) in [6, 6.07) is 3.90. The van der Waals surface area contributed by atoms with Gasteiger partial charge < -0.3 is 10.6 Å². The molecule has 0 radical (unpaired) electrons. The summed E-state index contributed by atoms with van der Waals surface area (Å²) in [5.74, 6) is 0. The third-order valence-corrected chi connectivity index (χ3v) is 6.85. The van der Waals surface area contributed by atoms with Gasteiger partial charge in [-0.1, -0.05) is 12.8 Å². The lowest BCUT2D eigenvalue weighted by Crippen LogP contribution is -2.37. The summed E-state index contributed by atoms with van der Waals surface area (Å²) in [7, 11) is 0. The molecule has 0 aromatic rings. The molecule has 0 saturated heterocycles. The molecule has 0 amide bonds. The van der Waals surface area contributed by atoms with E-state index >= 15 is 0 Å². The fraction of sp³-hybridized carbons (Fsp3) is 1.00. The molecule has 0 rings (SSSR count). The lowest BCUT2D eigenvalue weighted by Gasteiger charge is -2.30. The molecule has 4 heteroatoms. The van der Waals surface area contributed by atoms with Gasteiger partial charge in [-0.15, -0.1) is 0 Å². The first kappa shape index (κ1) is 31.8. The molecule has 0 aliphatic rings. The molecule has 194 valence electrons. The summed E-state index contributed by atoms with van der Waals surface area (Å²) >= 11 is 0. The normalized spacial score (nSPS) is 14.6. The Hall–Kier alpha value is -0.160. The van der Waals surface area contributed by atoms with E-state index in [0.717, 1.165) is 13.1 Å². The van der Waals surface area contributed by atoms with Crippen LogP contribution in [0.15, 0.2) is 0 Å². The van der Waals surface area contributed by atoms with E-state index in [0.29, 0.717) is 36.3 Å². The highest BCUT2D eigenvalue weighted by Crippen LogP contribution is 2.10. The monoisotopic (exact) mass is 454 g/mol. The number of hydrogen-bond donors (Lipinski definition) is 2. The van der Waals surface area contributed by atoms with Gasteiger partial charge in [-0.25, -0.2) is 0 Å². The molecule has 0 fully saturated rings. The fourth-order valence-electron chi connectivity index (χ4n) is 4.87. The average molecular weight is 455 g/mol. The Kier molecular flexibility index (Phi) is 19.1. The molecule has 0 saturated carbocycles. The topological polar surface area (TPSA) is 30.5 Å². The Balaban J connectivity index is 3.63. The maximum atomic E-state index is 3.73. The maximum absolute atomic E-state index is 3.73. The molecule has 32 heavy (non-hydrogen) atoms. The zero-order valence-electron chi connectivity index (χ0n) is 23.8. The summed E-state index contributed by atoms with van der Waals surface area (Å²) in [5.41, 5.74) is 0. The molecule has 0 heterocycles. The van der Waals surface area contributed by atoms with Crippen LogP contribution in [0.2, 0.25) is 0 Å². The quantitative estimate of drug-likeness (QED) is 0.199. The van der Waals surface area contributed by atoms with Crippen molar-refractivity contribution in [3.05, 3.63) is 0 Å². The molecule has 4 nitrogen and oxygen atoms in total. The highest BCUT2D eigenvalue weighted by atomic mass is 15.2. The Morgan fingerprint density at radius 3 is 1.03 bits per heavy atom. The fourth-order valence-corrected chi connectivity index (χ4v) is 4.87. The lowest BCUT2D eigenvalue weighted by molar-refractivity contribution is 0.170. The minimum Gasteiger partial charge on any atom is -0.314 e. The van der Waals surface area contributed by atoms with Gasteiger partial charge in [0, 0.05) is 36.3 Å². The van der Waals surface area contributed by atoms with Crippen molar-refractivity contribution in [1.82, 2.24) is 20.4 Å². The van der Waals surface area contributed by atoms with E-state index in [1.165, 1.54) is 64.5 Å². The van der Waals surface area contributed by atoms with Crippen molar-refractivity contribution < 1.29 is 0 Å². The second kappa shape index (κ2) is 19.2. The van der Waals surface area contributed by atoms with E-state index in [1.54, 1.807) is 0 Å². The first-order valence-electron chi connectivity index (χ1n) is 14.0. The van der Waals surface area contributed by atoms with Crippen LogP contribution in [0, 0.1) is 0 Å². The number of unbranched alkanes of at least 4 members (excludes halogenated alkanes) is 3. The molecule has 0 aliphatic carbocycles. The van der Waals surface area contributed by atoms with Crippen LogP contribution in [-0.2, 0) is 0 Å². The van der Waals surface area contributed by atoms with Crippen molar-refractivity contribution in [3.63, 3.8) is 0 Å². The van der Waals surface area contributed by atoms with Crippen LogP contribution in [-0.4, -0.2) is 72.2 Å². The summed E-state index contributed by atoms with van der Waals surface area (Å²) in [6.07, 6.45) is 10.4. The van der Waals surface area contributed by atoms with Gasteiger partial charge in [0.15, 0.2) is 0 Å². The van der Waals surface area contributed by atoms with E-state index in [9.17, 15) is 0 Å². The minimum atomic E-state index is 0.643. The Bertz CT molecular complexity index is 354. The van der Waals surface area contributed by atoms with Crippen molar-refractivity contribution >= 4 is 0 Å². The van der Waals surface area contributed by atoms with Gasteiger partial charge in [0.1, 0.15) is 0 Å². The molecule has 0 bridgehead atoms. The van der Waals surface area contributed by atoms with Crippen LogP contribution in [0.1, 0.15) is 121 Å². The van der Waals surface area contributed by atoms with Gasteiger partial charge in [0.2, 0.25) is 0 Å². The van der Waals surface area contributed by atoms with Crippen molar-refractivity contribution in [1.29, 1.82) is 0 Å². The summed E-state index contributed by atoms with van der Waals surface area (Å²) in [6.45, 7) is 28.0.